The average molecular weight is 248 g/mol. The van der Waals surface area contributed by atoms with Crippen LogP contribution in [0.2, 0.25) is 0 Å². The minimum Gasteiger partial charge on any atom is -0.382 e. The summed E-state index contributed by atoms with van der Waals surface area (Å²) < 4.78 is 14.8. The monoisotopic (exact) mass is 248 g/mol. The Morgan fingerprint density at radius 1 is 1.47 bits per heavy atom. The van der Waals surface area contributed by atoms with Crippen LogP contribution in [-0.4, -0.2) is 16.0 Å². The van der Waals surface area contributed by atoms with Crippen LogP contribution in [-0.2, 0) is 0 Å². The summed E-state index contributed by atoms with van der Waals surface area (Å²) in [5.74, 6) is -0.277. The molecule has 1 aromatic carbocycles. The highest BCUT2D eigenvalue weighted by Gasteiger charge is 2.17. The summed E-state index contributed by atoms with van der Waals surface area (Å²) in [5, 5.41) is 13.6. The van der Waals surface area contributed by atoms with E-state index >= 15 is 0 Å². The molecule has 0 saturated heterocycles. The van der Waals surface area contributed by atoms with Gasteiger partial charge in [-0.1, -0.05) is 12.1 Å². The number of nitrogen functional groups attached to an aromatic ring is 1. The van der Waals surface area contributed by atoms with Crippen molar-refractivity contribution in [2.45, 2.75) is 5.03 Å². The molecule has 4 nitrogen and oxygen atoms in total. The fraction of sp³-hybridized carbons (Fsp3) is 0.0909. The van der Waals surface area contributed by atoms with Crippen molar-refractivity contribution in [3.05, 3.63) is 35.6 Å². The van der Waals surface area contributed by atoms with Crippen molar-refractivity contribution in [3.63, 3.8) is 0 Å². The summed E-state index contributed by atoms with van der Waals surface area (Å²) >= 11 is 1.30. The van der Waals surface area contributed by atoms with Gasteiger partial charge in [0.15, 0.2) is 0 Å². The van der Waals surface area contributed by atoms with Gasteiger partial charge in [-0.05, 0) is 18.4 Å². The number of rotatable bonds is 2. The Kier molecular flexibility index (Phi) is 3.02. The predicted molar refractivity (Wildman–Crippen MR) is 64.4 cm³/mol. The topological polar surface area (TPSA) is 67.6 Å². The highest BCUT2D eigenvalue weighted by atomic mass is 32.2. The minimum absolute atomic E-state index is 0.155. The quantitative estimate of drug-likeness (QED) is 0.827. The fourth-order valence-electron chi connectivity index (χ4n) is 1.47. The van der Waals surface area contributed by atoms with Crippen molar-refractivity contribution in [2.24, 2.45) is 0 Å². The van der Waals surface area contributed by atoms with E-state index < -0.39 is 5.82 Å². The largest absolute Gasteiger partial charge is 0.382 e. The lowest BCUT2D eigenvalue weighted by molar-refractivity contribution is 0.610. The van der Waals surface area contributed by atoms with Crippen LogP contribution in [0.15, 0.2) is 29.3 Å². The zero-order valence-corrected chi connectivity index (χ0v) is 9.83. The van der Waals surface area contributed by atoms with Crippen LogP contribution < -0.4 is 5.73 Å². The molecule has 17 heavy (non-hydrogen) atoms. The summed E-state index contributed by atoms with van der Waals surface area (Å²) in [4.78, 5) is 0. The first kappa shape index (κ1) is 11.5. The molecule has 0 unspecified atom stereocenters. The molecule has 0 aliphatic heterocycles. The number of thioether (sulfide) groups is 1. The SMILES string of the molecule is CSc1nn(-c2ccccc2F)c(N)c1C#N. The van der Waals surface area contributed by atoms with E-state index in [1.165, 1.54) is 22.5 Å². The van der Waals surface area contributed by atoms with Crippen LogP contribution >= 0.6 is 11.8 Å². The number of halogens is 1. The Hall–Kier alpha value is -2.00. The highest BCUT2D eigenvalue weighted by Crippen LogP contribution is 2.27. The third kappa shape index (κ3) is 1.85. The normalized spacial score (nSPS) is 10.2. The molecule has 0 amide bonds. The molecule has 0 radical (unpaired) electrons. The number of anilines is 1. The van der Waals surface area contributed by atoms with E-state index in [1.807, 2.05) is 6.07 Å². The van der Waals surface area contributed by atoms with Crippen molar-refractivity contribution >= 4 is 17.6 Å². The van der Waals surface area contributed by atoms with Crippen LogP contribution in [0.3, 0.4) is 0 Å². The first-order chi connectivity index (χ1) is 8.19. The number of hydrogen-bond donors (Lipinski definition) is 1. The number of hydrogen-bond acceptors (Lipinski definition) is 4. The number of aromatic nitrogens is 2. The Morgan fingerprint density at radius 2 is 2.18 bits per heavy atom. The van der Waals surface area contributed by atoms with Crippen LogP contribution in [0.25, 0.3) is 5.69 Å². The van der Waals surface area contributed by atoms with Crippen LogP contribution in [0, 0.1) is 17.1 Å². The number of nitrogens with zero attached hydrogens (tertiary/aromatic N) is 3. The van der Waals surface area contributed by atoms with Crippen LogP contribution in [0.4, 0.5) is 10.2 Å². The molecular weight excluding hydrogens is 239 g/mol. The first-order valence-electron chi connectivity index (χ1n) is 4.76. The molecule has 2 N–H and O–H groups in total. The Morgan fingerprint density at radius 3 is 2.71 bits per heavy atom. The second kappa shape index (κ2) is 4.47. The Labute approximate surface area is 102 Å². The van der Waals surface area contributed by atoms with E-state index in [0.717, 1.165) is 0 Å². The van der Waals surface area contributed by atoms with Gasteiger partial charge in [-0.3, -0.25) is 0 Å². The standard InChI is InChI=1S/C11H9FN4S/c1-17-11-7(6-13)10(14)16(15-11)9-5-3-2-4-8(9)12/h2-5H,14H2,1H3. The predicted octanol–water partition coefficient (Wildman–Crippen LogP) is 2.19. The van der Waals surface area contributed by atoms with Gasteiger partial charge < -0.3 is 5.73 Å². The van der Waals surface area contributed by atoms with Gasteiger partial charge in [0, 0.05) is 0 Å². The van der Waals surface area contributed by atoms with Crippen molar-refractivity contribution in [1.29, 1.82) is 5.26 Å². The summed E-state index contributed by atoms with van der Waals surface area (Å²) in [6.07, 6.45) is 1.79. The molecule has 6 heteroatoms. The molecule has 0 aliphatic carbocycles. The van der Waals surface area contributed by atoms with E-state index in [4.69, 9.17) is 11.0 Å². The molecule has 2 aromatic rings. The number of benzene rings is 1. The van der Waals surface area contributed by atoms with E-state index in [0.29, 0.717) is 5.03 Å². The van der Waals surface area contributed by atoms with E-state index in [2.05, 4.69) is 5.10 Å². The molecule has 1 heterocycles. The van der Waals surface area contributed by atoms with Crippen LogP contribution in [0.1, 0.15) is 5.56 Å². The summed E-state index contributed by atoms with van der Waals surface area (Å²) in [6.45, 7) is 0. The third-order valence-electron chi connectivity index (χ3n) is 2.27. The molecule has 0 fully saturated rings. The Bertz CT molecular complexity index is 600. The van der Waals surface area contributed by atoms with Crippen molar-refractivity contribution in [3.8, 4) is 11.8 Å². The smallest absolute Gasteiger partial charge is 0.148 e. The zero-order valence-electron chi connectivity index (χ0n) is 9.01. The molecule has 0 saturated carbocycles. The molecule has 0 spiro atoms. The van der Waals surface area contributed by atoms with E-state index in [1.54, 1.807) is 24.5 Å². The highest BCUT2D eigenvalue weighted by molar-refractivity contribution is 7.98. The number of nitriles is 1. The van der Waals surface area contributed by atoms with Gasteiger partial charge in [0.2, 0.25) is 0 Å². The fourth-order valence-corrected chi connectivity index (χ4v) is 1.98. The molecular formula is C11H9FN4S. The van der Waals surface area contributed by atoms with E-state index in [9.17, 15) is 4.39 Å². The van der Waals surface area contributed by atoms with Gasteiger partial charge in [0.25, 0.3) is 0 Å². The third-order valence-corrected chi connectivity index (χ3v) is 2.95. The maximum Gasteiger partial charge on any atom is 0.148 e. The summed E-state index contributed by atoms with van der Waals surface area (Å²) in [7, 11) is 0. The van der Waals surface area contributed by atoms with Gasteiger partial charge in [-0.2, -0.15) is 10.4 Å². The lowest BCUT2D eigenvalue weighted by Gasteiger charge is -2.04. The van der Waals surface area contributed by atoms with E-state index in [-0.39, 0.29) is 17.1 Å². The van der Waals surface area contributed by atoms with Gasteiger partial charge in [0.1, 0.15) is 34.0 Å². The van der Waals surface area contributed by atoms with Crippen molar-refractivity contribution < 1.29 is 4.39 Å². The molecule has 0 aliphatic rings. The molecule has 0 atom stereocenters. The van der Waals surface area contributed by atoms with Crippen LogP contribution in [0.5, 0.6) is 0 Å². The molecule has 0 bridgehead atoms. The summed E-state index contributed by atoms with van der Waals surface area (Å²) in [5.41, 5.74) is 6.31. The lowest BCUT2D eigenvalue weighted by Crippen LogP contribution is -2.04. The minimum atomic E-state index is -0.432. The summed E-state index contributed by atoms with van der Waals surface area (Å²) in [6, 6.07) is 8.12. The average Bonchev–Trinajstić information content (AvgIpc) is 2.66. The molecule has 86 valence electrons. The zero-order chi connectivity index (χ0) is 12.4. The second-order valence-electron chi connectivity index (χ2n) is 3.24. The van der Waals surface area contributed by atoms with Gasteiger partial charge in [-0.25, -0.2) is 9.07 Å². The molecule has 1 aromatic heterocycles. The second-order valence-corrected chi connectivity index (χ2v) is 4.04. The molecule has 2 rings (SSSR count). The van der Waals surface area contributed by atoms with Crippen molar-refractivity contribution in [1.82, 2.24) is 9.78 Å². The van der Waals surface area contributed by atoms with Crippen molar-refractivity contribution in [2.75, 3.05) is 12.0 Å². The maximum absolute atomic E-state index is 13.6. The van der Waals surface area contributed by atoms with Gasteiger partial charge >= 0.3 is 0 Å². The number of nitrogens with two attached hydrogens (primary N) is 1. The first-order valence-corrected chi connectivity index (χ1v) is 5.99. The lowest BCUT2D eigenvalue weighted by atomic mass is 10.3. The Balaban J connectivity index is 2.66. The number of para-hydroxylation sites is 1. The maximum atomic E-state index is 13.6. The van der Waals surface area contributed by atoms with Gasteiger partial charge in [0.05, 0.1) is 0 Å². The van der Waals surface area contributed by atoms with Gasteiger partial charge in [-0.15, -0.1) is 11.8 Å².